The monoisotopic (exact) mass is 782 g/mol. The van der Waals surface area contributed by atoms with Crippen LogP contribution in [-0.4, -0.2) is 70.4 Å². The maximum Gasteiger partial charge on any atom is 0.410 e. The number of halogens is 4. The molecule has 286 valence electrons. The number of ether oxygens (including phenoxy) is 3. The third-order valence-corrected chi connectivity index (χ3v) is 9.77. The second kappa shape index (κ2) is 16.9. The lowest BCUT2D eigenvalue weighted by Crippen LogP contribution is -2.44. The number of hydrogen-bond acceptors (Lipinski definition) is 8. The molecule has 54 heavy (non-hydrogen) atoms. The first-order chi connectivity index (χ1) is 25.8. The number of methoxy groups -OCH3 is 1. The van der Waals surface area contributed by atoms with Gasteiger partial charge in [0.05, 0.1) is 22.2 Å². The zero-order valence-corrected chi connectivity index (χ0v) is 32.1. The van der Waals surface area contributed by atoms with Crippen molar-refractivity contribution in [2.45, 2.75) is 77.7 Å². The normalized spacial score (nSPS) is 14.7. The SMILES string of the molecule is COCCCc1cc(CN(C(=O)C2=C(c3ccc(OCc4cc(-c5c(F)ccc(F)c5Cl)no4)cc3)CCN(C(=O)OC(C)(C)C)C2)C2CC2)c(Cl)cn1. The fraction of sp³-hybridized carbons (Fsp3) is 0.400. The first kappa shape index (κ1) is 39.2. The summed E-state index contributed by atoms with van der Waals surface area (Å²) in [6, 6.07) is 12.6. The quantitative estimate of drug-likeness (QED) is 0.0977. The number of rotatable bonds is 13. The second-order valence-electron chi connectivity index (χ2n) is 14.3. The molecule has 4 aromatic rings. The van der Waals surface area contributed by atoms with Gasteiger partial charge in [0.2, 0.25) is 0 Å². The fourth-order valence-electron chi connectivity index (χ4n) is 6.22. The third-order valence-electron chi connectivity index (χ3n) is 9.06. The number of carbonyl (C=O) groups is 2. The number of carbonyl (C=O) groups excluding carboxylic acids is 2. The molecule has 3 heterocycles. The van der Waals surface area contributed by atoms with E-state index in [1.807, 2.05) is 43.9 Å². The Morgan fingerprint density at radius 2 is 1.80 bits per heavy atom. The Kier molecular flexibility index (Phi) is 12.2. The van der Waals surface area contributed by atoms with Crippen molar-refractivity contribution in [1.82, 2.24) is 19.9 Å². The van der Waals surface area contributed by atoms with E-state index in [2.05, 4.69) is 10.1 Å². The average molecular weight is 784 g/mol. The van der Waals surface area contributed by atoms with Crippen LogP contribution in [0.25, 0.3) is 16.8 Å². The van der Waals surface area contributed by atoms with Gasteiger partial charge >= 0.3 is 6.09 Å². The minimum absolute atomic E-state index is 0.0415. The highest BCUT2D eigenvalue weighted by molar-refractivity contribution is 6.33. The highest BCUT2D eigenvalue weighted by atomic mass is 35.5. The van der Waals surface area contributed by atoms with Gasteiger partial charge in [0.1, 0.15) is 35.3 Å². The highest BCUT2D eigenvalue weighted by Gasteiger charge is 2.38. The molecule has 0 spiro atoms. The van der Waals surface area contributed by atoms with Crippen molar-refractivity contribution in [2.75, 3.05) is 26.8 Å². The number of aryl methyl sites for hydroxylation is 1. The van der Waals surface area contributed by atoms with Gasteiger partial charge in [0.15, 0.2) is 5.76 Å². The summed E-state index contributed by atoms with van der Waals surface area (Å²) >= 11 is 12.6. The Bertz CT molecular complexity index is 2030. The maximum absolute atomic E-state index is 14.6. The number of benzene rings is 2. The van der Waals surface area contributed by atoms with Crippen LogP contribution < -0.4 is 4.74 Å². The first-order valence-corrected chi connectivity index (χ1v) is 18.5. The number of amides is 2. The van der Waals surface area contributed by atoms with E-state index in [4.69, 9.17) is 41.9 Å². The molecule has 0 unspecified atom stereocenters. The van der Waals surface area contributed by atoms with E-state index in [1.165, 1.54) is 6.07 Å². The van der Waals surface area contributed by atoms with E-state index in [0.717, 1.165) is 60.2 Å². The van der Waals surface area contributed by atoms with Crippen LogP contribution in [-0.2, 0) is 33.8 Å². The van der Waals surface area contributed by atoms with Crippen molar-refractivity contribution in [3.8, 4) is 17.0 Å². The molecular weight excluding hydrogens is 741 g/mol. The Balaban J connectivity index is 1.23. The number of pyridine rings is 1. The van der Waals surface area contributed by atoms with Gasteiger partial charge in [-0.1, -0.05) is 40.5 Å². The molecule has 6 rings (SSSR count). The van der Waals surface area contributed by atoms with Crippen molar-refractivity contribution in [3.63, 3.8) is 0 Å². The van der Waals surface area contributed by atoms with Crippen LogP contribution in [0.2, 0.25) is 10.0 Å². The standard InChI is InChI=1S/C40H42Cl2F2N4O6/c1-40(2,3)53-39(50)47-16-15-30(31(22-47)38(49)48(27-9-10-27)21-25-18-26(6-5-17-51-4)45-20-32(25)41)24-7-11-28(12-8-24)52-23-29-19-35(46-54-29)36-33(43)13-14-34(44)37(36)42/h7-8,11-14,18-20,27H,5-6,9-10,15-17,21-23H2,1-4H3. The zero-order chi connectivity index (χ0) is 38.6. The molecule has 1 fully saturated rings. The second-order valence-corrected chi connectivity index (χ2v) is 15.1. The topological polar surface area (TPSA) is 107 Å². The van der Waals surface area contributed by atoms with E-state index < -0.39 is 23.3 Å². The molecule has 2 aliphatic rings. The van der Waals surface area contributed by atoms with Gasteiger partial charge in [0, 0.05) is 56.4 Å². The van der Waals surface area contributed by atoms with E-state index >= 15 is 0 Å². The molecule has 2 aromatic carbocycles. The Labute approximate surface area is 323 Å². The summed E-state index contributed by atoms with van der Waals surface area (Å²) in [4.78, 5) is 35.8. The lowest BCUT2D eigenvalue weighted by atomic mass is 9.92. The van der Waals surface area contributed by atoms with Crippen LogP contribution in [0, 0.1) is 11.6 Å². The van der Waals surface area contributed by atoms with Gasteiger partial charge in [-0.25, -0.2) is 13.6 Å². The van der Waals surface area contributed by atoms with Crippen LogP contribution in [0.4, 0.5) is 13.6 Å². The summed E-state index contributed by atoms with van der Waals surface area (Å²) in [5.74, 6) is -0.891. The predicted molar refractivity (Wildman–Crippen MR) is 200 cm³/mol. The molecule has 0 atom stereocenters. The van der Waals surface area contributed by atoms with Gasteiger partial charge in [-0.2, -0.15) is 0 Å². The molecule has 0 N–H and O–H groups in total. The van der Waals surface area contributed by atoms with Gasteiger partial charge in [-0.05, 0) is 99.9 Å². The number of hydrogen-bond donors (Lipinski definition) is 0. The molecule has 0 bridgehead atoms. The summed E-state index contributed by atoms with van der Waals surface area (Å²) in [5, 5.41) is 3.94. The summed E-state index contributed by atoms with van der Waals surface area (Å²) in [5.41, 5.74) is 2.98. The Hall–Kier alpha value is -4.52. The smallest absolute Gasteiger partial charge is 0.410 e. The Morgan fingerprint density at radius 1 is 1.06 bits per heavy atom. The Morgan fingerprint density at radius 3 is 2.50 bits per heavy atom. The number of aromatic nitrogens is 2. The van der Waals surface area contributed by atoms with Crippen molar-refractivity contribution in [3.05, 3.63) is 105 Å². The van der Waals surface area contributed by atoms with Gasteiger partial charge in [-0.15, -0.1) is 0 Å². The van der Waals surface area contributed by atoms with E-state index in [1.54, 1.807) is 30.3 Å². The molecule has 2 aromatic heterocycles. The summed E-state index contributed by atoms with van der Waals surface area (Å²) in [7, 11) is 1.66. The van der Waals surface area contributed by atoms with Crippen molar-refractivity contribution in [2.24, 2.45) is 0 Å². The van der Waals surface area contributed by atoms with Gasteiger partial charge in [0.25, 0.3) is 5.91 Å². The summed E-state index contributed by atoms with van der Waals surface area (Å²) < 4.78 is 50.5. The van der Waals surface area contributed by atoms with Crippen LogP contribution in [0.5, 0.6) is 5.75 Å². The molecule has 2 amide bonds. The lowest BCUT2D eigenvalue weighted by molar-refractivity contribution is -0.128. The van der Waals surface area contributed by atoms with E-state index in [-0.39, 0.29) is 47.1 Å². The highest BCUT2D eigenvalue weighted by Crippen LogP contribution is 2.36. The molecule has 0 saturated heterocycles. The third kappa shape index (κ3) is 9.58. The first-order valence-electron chi connectivity index (χ1n) is 17.8. The molecule has 10 nitrogen and oxygen atoms in total. The summed E-state index contributed by atoms with van der Waals surface area (Å²) in [6.07, 6.45) is 4.85. The van der Waals surface area contributed by atoms with Crippen LogP contribution in [0.15, 0.2) is 64.8 Å². The molecule has 1 aliphatic heterocycles. The predicted octanol–water partition coefficient (Wildman–Crippen LogP) is 9.07. The largest absolute Gasteiger partial charge is 0.486 e. The van der Waals surface area contributed by atoms with Crippen molar-refractivity contribution >= 4 is 40.8 Å². The van der Waals surface area contributed by atoms with Gasteiger partial charge < -0.3 is 28.5 Å². The van der Waals surface area contributed by atoms with E-state index in [9.17, 15) is 18.4 Å². The van der Waals surface area contributed by atoms with Crippen LogP contribution in [0.3, 0.4) is 0 Å². The molecular formula is C40H42Cl2F2N4O6. The minimum atomic E-state index is -0.772. The zero-order valence-electron chi connectivity index (χ0n) is 30.6. The van der Waals surface area contributed by atoms with Crippen LogP contribution in [0.1, 0.15) is 69.0 Å². The van der Waals surface area contributed by atoms with Crippen molar-refractivity contribution in [1.29, 1.82) is 0 Å². The summed E-state index contributed by atoms with van der Waals surface area (Å²) in [6.45, 7) is 6.76. The lowest BCUT2D eigenvalue weighted by Gasteiger charge is -2.34. The van der Waals surface area contributed by atoms with Crippen LogP contribution >= 0.6 is 23.2 Å². The fourth-order valence-corrected chi connectivity index (χ4v) is 6.64. The average Bonchev–Trinajstić information content (AvgIpc) is 3.88. The van der Waals surface area contributed by atoms with E-state index in [0.29, 0.717) is 42.5 Å². The molecule has 14 heteroatoms. The minimum Gasteiger partial charge on any atom is -0.486 e. The molecule has 1 aliphatic carbocycles. The van der Waals surface area contributed by atoms with Crippen molar-refractivity contribution < 1.29 is 37.1 Å². The molecule has 1 saturated carbocycles. The number of nitrogens with zero attached hydrogens (tertiary/aromatic N) is 4. The maximum atomic E-state index is 14.6. The molecule has 0 radical (unpaired) electrons. The van der Waals surface area contributed by atoms with Gasteiger partial charge in [-0.3, -0.25) is 9.78 Å².